The predicted octanol–water partition coefficient (Wildman–Crippen LogP) is 5.04. The van der Waals surface area contributed by atoms with E-state index >= 15 is 0 Å². The number of carbonyl (C=O) groups is 2. The number of amides is 2. The highest BCUT2D eigenvalue weighted by molar-refractivity contribution is 6.08. The Labute approximate surface area is 153 Å². The lowest BCUT2D eigenvalue weighted by molar-refractivity contribution is -0.123. The largest absolute Gasteiger partial charge is 0.326 e. The molecule has 0 saturated heterocycles. The summed E-state index contributed by atoms with van der Waals surface area (Å²) in [5.74, 6) is -0.843. The summed E-state index contributed by atoms with van der Waals surface area (Å²) in [4.78, 5) is 24.5. The van der Waals surface area contributed by atoms with Gasteiger partial charge in [0.15, 0.2) is 0 Å². The van der Waals surface area contributed by atoms with Crippen LogP contribution in [0.3, 0.4) is 0 Å². The first-order valence-corrected chi connectivity index (χ1v) is 8.76. The molecule has 0 bridgehead atoms. The first-order valence-electron chi connectivity index (χ1n) is 8.76. The van der Waals surface area contributed by atoms with Crippen LogP contribution in [0.1, 0.15) is 57.1 Å². The summed E-state index contributed by atoms with van der Waals surface area (Å²) in [5.41, 5.74) is 3.18. The minimum Gasteiger partial charge on any atom is -0.326 e. The van der Waals surface area contributed by atoms with Crippen LogP contribution in [0.2, 0.25) is 0 Å². The van der Waals surface area contributed by atoms with Gasteiger partial charge in [0.05, 0.1) is 0 Å². The number of hydrogen-bond acceptors (Lipinski definition) is 2. The summed E-state index contributed by atoms with van der Waals surface area (Å²) < 4.78 is 13.2. The molecule has 0 saturated carbocycles. The van der Waals surface area contributed by atoms with Crippen LogP contribution in [0.4, 0.5) is 15.8 Å². The second-order valence-corrected chi connectivity index (χ2v) is 6.90. The maximum atomic E-state index is 13.2. The fraction of sp³-hybridized carbons (Fsp3) is 0.333. The quantitative estimate of drug-likeness (QED) is 0.712. The molecule has 2 amide bonds. The molecule has 0 atom stereocenters. The Bertz CT molecular complexity index is 774. The van der Waals surface area contributed by atoms with Gasteiger partial charge in [0.1, 0.15) is 12.2 Å². The predicted molar refractivity (Wildman–Crippen MR) is 103 cm³/mol. The SMILES string of the molecule is CC(C)c1cccc(C(C)C)c1NC(=O)CC(=O)Nc1cccc(F)c1. The molecule has 4 nitrogen and oxygen atoms in total. The van der Waals surface area contributed by atoms with Crippen molar-refractivity contribution in [3.05, 3.63) is 59.4 Å². The van der Waals surface area contributed by atoms with E-state index in [0.717, 1.165) is 16.8 Å². The highest BCUT2D eigenvalue weighted by Crippen LogP contribution is 2.32. The van der Waals surface area contributed by atoms with Gasteiger partial charge in [0.25, 0.3) is 0 Å². The number of hydrogen-bond donors (Lipinski definition) is 2. The molecule has 2 rings (SSSR count). The smallest absolute Gasteiger partial charge is 0.233 e. The number of halogens is 1. The molecule has 0 aromatic heterocycles. The molecule has 0 fully saturated rings. The third kappa shape index (κ3) is 5.15. The Morgan fingerprint density at radius 2 is 1.42 bits per heavy atom. The Balaban J connectivity index is 2.11. The zero-order valence-corrected chi connectivity index (χ0v) is 15.6. The van der Waals surface area contributed by atoms with Gasteiger partial charge in [-0.15, -0.1) is 0 Å². The topological polar surface area (TPSA) is 58.2 Å². The van der Waals surface area contributed by atoms with Crippen molar-refractivity contribution < 1.29 is 14.0 Å². The van der Waals surface area contributed by atoms with Crippen molar-refractivity contribution in [3.63, 3.8) is 0 Å². The molecule has 0 spiro atoms. The summed E-state index contributed by atoms with van der Waals surface area (Å²) in [6.07, 6.45) is -0.333. The maximum absolute atomic E-state index is 13.2. The highest BCUT2D eigenvalue weighted by atomic mass is 19.1. The van der Waals surface area contributed by atoms with Gasteiger partial charge in [-0.3, -0.25) is 9.59 Å². The van der Waals surface area contributed by atoms with Gasteiger partial charge in [0, 0.05) is 11.4 Å². The van der Waals surface area contributed by atoms with Gasteiger partial charge >= 0.3 is 0 Å². The summed E-state index contributed by atoms with van der Waals surface area (Å²) in [6, 6.07) is 11.5. The van der Waals surface area contributed by atoms with Crippen molar-refractivity contribution in [2.45, 2.75) is 46.0 Å². The summed E-state index contributed by atoms with van der Waals surface area (Å²) in [5, 5.41) is 5.43. The van der Waals surface area contributed by atoms with E-state index in [1.165, 1.54) is 18.2 Å². The third-order valence-corrected chi connectivity index (χ3v) is 4.07. The molecule has 0 heterocycles. The number of nitrogens with one attached hydrogen (secondary N) is 2. The second-order valence-electron chi connectivity index (χ2n) is 6.90. The molecular formula is C21H25FN2O2. The van der Waals surface area contributed by atoms with Gasteiger partial charge < -0.3 is 10.6 Å². The van der Waals surface area contributed by atoms with Gasteiger partial charge in [0.2, 0.25) is 11.8 Å². The average molecular weight is 356 g/mol. The third-order valence-electron chi connectivity index (χ3n) is 4.07. The molecule has 0 aliphatic rings. The maximum Gasteiger partial charge on any atom is 0.233 e. The van der Waals surface area contributed by atoms with Crippen LogP contribution in [0.25, 0.3) is 0 Å². The van der Waals surface area contributed by atoms with E-state index in [1.54, 1.807) is 6.07 Å². The van der Waals surface area contributed by atoms with Gasteiger partial charge in [-0.05, 0) is 41.2 Å². The minimum absolute atomic E-state index is 0.241. The van der Waals surface area contributed by atoms with Crippen LogP contribution in [-0.2, 0) is 9.59 Å². The molecule has 2 N–H and O–H groups in total. The molecule has 138 valence electrons. The van der Waals surface area contributed by atoms with Crippen LogP contribution in [0.15, 0.2) is 42.5 Å². The fourth-order valence-corrected chi connectivity index (χ4v) is 2.80. The standard InChI is InChI=1S/C21H25FN2O2/c1-13(2)17-9-6-10-18(14(3)4)21(17)24-20(26)12-19(25)23-16-8-5-7-15(22)11-16/h5-11,13-14H,12H2,1-4H3,(H,23,25)(H,24,26). The van der Waals surface area contributed by atoms with E-state index in [2.05, 4.69) is 38.3 Å². The van der Waals surface area contributed by atoms with Crippen molar-refractivity contribution >= 4 is 23.2 Å². The van der Waals surface area contributed by atoms with Crippen LogP contribution in [0, 0.1) is 5.82 Å². The Morgan fingerprint density at radius 1 is 0.885 bits per heavy atom. The molecule has 26 heavy (non-hydrogen) atoms. The van der Waals surface area contributed by atoms with Crippen LogP contribution >= 0.6 is 0 Å². The summed E-state index contributed by atoms with van der Waals surface area (Å²) >= 11 is 0. The Hall–Kier alpha value is -2.69. The van der Waals surface area contributed by atoms with Crippen LogP contribution in [-0.4, -0.2) is 11.8 Å². The lowest BCUT2D eigenvalue weighted by Crippen LogP contribution is -2.23. The molecule has 5 heteroatoms. The van der Waals surface area contributed by atoms with Gasteiger partial charge in [-0.25, -0.2) is 4.39 Å². The fourth-order valence-electron chi connectivity index (χ4n) is 2.80. The van der Waals surface area contributed by atoms with E-state index in [1.807, 2.05) is 18.2 Å². The molecule has 0 unspecified atom stereocenters. The van der Waals surface area contributed by atoms with Crippen LogP contribution < -0.4 is 10.6 Å². The molecular weight excluding hydrogens is 331 g/mol. The van der Waals surface area contributed by atoms with E-state index in [9.17, 15) is 14.0 Å². The van der Waals surface area contributed by atoms with Crippen molar-refractivity contribution in [2.75, 3.05) is 10.6 Å². The van der Waals surface area contributed by atoms with E-state index in [-0.39, 0.29) is 18.3 Å². The van der Waals surface area contributed by atoms with Crippen molar-refractivity contribution in [1.29, 1.82) is 0 Å². The normalized spacial score (nSPS) is 10.9. The number of carbonyl (C=O) groups excluding carboxylic acids is 2. The molecule has 0 radical (unpaired) electrons. The van der Waals surface area contributed by atoms with Crippen molar-refractivity contribution in [2.24, 2.45) is 0 Å². The number of para-hydroxylation sites is 1. The second kappa shape index (κ2) is 8.61. The van der Waals surface area contributed by atoms with E-state index in [4.69, 9.17) is 0 Å². The number of rotatable bonds is 6. The average Bonchev–Trinajstić information content (AvgIpc) is 2.54. The summed E-state index contributed by atoms with van der Waals surface area (Å²) in [7, 11) is 0. The van der Waals surface area contributed by atoms with Crippen LogP contribution in [0.5, 0.6) is 0 Å². The molecule has 2 aromatic rings. The van der Waals surface area contributed by atoms with Gasteiger partial charge in [-0.2, -0.15) is 0 Å². The first kappa shape index (κ1) is 19.6. The number of anilines is 2. The highest BCUT2D eigenvalue weighted by Gasteiger charge is 2.17. The Morgan fingerprint density at radius 3 is 1.96 bits per heavy atom. The lowest BCUT2D eigenvalue weighted by Gasteiger charge is -2.20. The monoisotopic (exact) mass is 356 g/mol. The van der Waals surface area contributed by atoms with Crippen molar-refractivity contribution in [3.8, 4) is 0 Å². The van der Waals surface area contributed by atoms with Crippen molar-refractivity contribution in [1.82, 2.24) is 0 Å². The lowest BCUT2D eigenvalue weighted by atomic mass is 9.92. The zero-order chi connectivity index (χ0) is 19.3. The number of benzene rings is 2. The van der Waals surface area contributed by atoms with E-state index in [0.29, 0.717) is 5.69 Å². The zero-order valence-electron chi connectivity index (χ0n) is 15.6. The molecule has 0 aliphatic heterocycles. The molecule has 0 aliphatic carbocycles. The Kier molecular flexibility index (Phi) is 6.50. The molecule has 2 aromatic carbocycles. The van der Waals surface area contributed by atoms with Gasteiger partial charge in [-0.1, -0.05) is 52.0 Å². The first-order chi connectivity index (χ1) is 12.3. The summed E-state index contributed by atoms with van der Waals surface area (Å²) in [6.45, 7) is 8.25. The van der Waals surface area contributed by atoms with E-state index < -0.39 is 17.6 Å². The minimum atomic E-state index is -0.485.